The van der Waals surface area contributed by atoms with Crippen molar-refractivity contribution in [1.29, 1.82) is 0 Å². The molecule has 1 atom stereocenters. The number of methoxy groups -OCH3 is 1. The van der Waals surface area contributed by atoms with Crippen LogP contribution in [0.2, 0.25) is 0 Å². The third kappa shape index (κ3) is 5.14. The number of hydrogen-bond acceptors (Lipinski definition) is 4. The summed E-state index contributed by atoms with van der Waals surface area (Å²) in [6.07, 6.45) is 0. The maximum Gasteiger partial charge on any atom is 0.121 e. The number of anilines is 1. The molecule has 0 radical (unpaired) electrons. The molecule has 0 heterocycles. The standard InChI is InChI=1S/C11H17NO3S/c1-14-5-7-16(13)8-6-15-11-4-2-3-10(12)9-11/h2-4,9H,5-8,12H2,1H3. The minimum Gasteiger partial charge on any atom is -0.493 e. The van der Waals surface area contributed by atoms with Crippen molar-refractivity contribution in [2.24, 2.45) is 0 Å². The van der Waals surface area contributed by atoms with E-state index >= 15 is 0 Å². The predicted molar refractivity (Wildman–Crippen MR) is 66.1 cm³/mol. The van der Waals surface area contributed by atoms with Crippen LogP contribution < -0.4 is 10.5 Å². The Morgan fingerprint density at radius 3 is 2.75 bits per heavy atom. The minimum absolute atomic E-state index is 0.430. The van der Waals surface area contributed by atoms with Gasteiger partial charge in [-0.3, -0.25) is 4.21 Å². The van der Waals surface area contributed by atoms with Crippen LogP contribution in [0, 0.1) is 0 Å². The fraction of sp³-hybridized carbons (Fsp3) is 0.455. The Kier molecular flexibility index (Phi) is 5.88. The first-order valence-corrected chi connectivity index (χ1v) is 6.53. The predicted octanol–water partition coefficient (Wildman–Crippen LogP) is 1.04. The Balaban J connectivity index is 2.22. The van der Waals surface area contributed by atoms with Gasteiger partial charge in [-0.1, -0.05) is 6.07 Å². The first-order valence-electron chi connectivity index (χ1n) is 5.04. The molecule has 0 aliphatic carbocycles. The summed E-state index contributed by atoms with van der Waals surface area (Å²) in [6.45, 7) is 0.949. The van der Waals surface area contributed by atoms with Gasteiger partial charge in [0.05, 0.1) is 19.0 Å². The Hall–Kier alpha value is -1.07. The van der Waals surface area contributed by atoms with E-state index in [1.807, 2.05) is 12.1 Å². The van der Waals surface area contributed by atoms with Gasteiger partial charge in [0, 0.05) is 35.4 Å². The molecule has 2 N–H and O–H groups in total. The van der Waals surface area contributed by atoms with Crippen molar-refractivity contribution in [3.8, 4) is 5.75 Å². The second-order valence-corrected chi connectivity index (χ2v) is 4.96. The molecule has 16 heavy (non-hydrogen) atoms. The summed E-state index contributed by atoms with van der Waals surface area (Å²) in [5.41, 5.74) is 6.26. The number of hydrogen-bond donors (Lipinski definition) is 1. The van der Waals surface area contributed by atoms with Gasteiger partial charge in [0.25, 0.3) is 0 Å². The van der Waals surface area contributed by atoms with E-state index < -0.39 is 10.8 Å². The summed E-state index contributed by atoms with van der Waals surface area (Å²) in [5, 5.41) is 0. The molecular weight excluding hydrogens is 226 g/mol. The topological polar surface area (TPSA) is 61.5 Å². The Labute approximate surface area is 98.2 Å². The number of ether oxygens (including phenoxy) is 2. The molecule has 0 fully saturated rings. The monoisotopic (exact) mass is 243 g/mol. The Morgan fingerprint density at radius 2 is 2.06 bits per heavy atom. The third-order valence-electron chi connectivity index (χ3n) is 1.95. The highest BCUT2D eigenvalue weighted by Crippen LogP contribution is 2.14. The fourth-order valence-electron chi connectivity index (χ4n) is 1.14. The zero-order valence-corrected chi connectivity index (χ0v) is 10.2. The van der Waals surface area contributed by atoms with Gasteiger partial charge in [-0.15, -0.1) is 0 Å². The van der Waals surface area contributed by atoms with Crippen molar-refractivity contribution in [3.63, 3.8) is 0 Å². The highest BCUT2D eigenvalue weighted by molar-refractivity contribution is 7.85. The first-order chi connectivity index (χ1) is 7.72. The molecule has 0 aliphatic rings. The van der Waals surface area contributed by atoms with Gasteiger partial charge in [0.1, 0.15) is 5.75 Å². The zero-order valence-electron chi connectivity index (χ0n) is 9.35. The quantitative estimate of drug-likeness (QED) is 0.727. The Morgan fingerprint density at radius 1 is 1.31 bits per heavy atom. The lowest BCUT2D eigenvalue weighted by Gasteiger charge is -2.06. The van der Waals surface area contributed by atoms with E-state index in [2.05, 4.69) is 0 Å². The summed E-state index contributed by atoms with van der Waals surface area (Å²) >= 11 is 0. The van der Waals surface area contributed by atoms with Crippen LogP contribution in [-0.2, 0) is 15.5 Å². The molecule has 0 bridgehead atoms. The van der Waals surface area contributed by atoms with Crippen molar-refractivity contribution < 1.29 is 13.7 Å². The highest BCUT2D eigenvalue weighted by atomic mass is 32.2. The molecule has 1 aromatic carbocycles. The maximum atomic E-state index is 11.4. The average Bonchev–Trinajstić information content (AvgIpc) is 2.26. The zero-order chi connectivity index (χ0) is 11.8. The van der Waals surface area contributed by atoms with Gasteiger partial charge in [-0.25, -0.2) is 0 Å². The lowest BCUT2D eigenvalue weighted by Crippen LogP contribution is -2.13. The van der Waals surface area contributed by atoms with Crippen molar-refractivity contribution in [2.45, 2.75) is 0 Å². The van der Waals surface area contributed by atoms with Crippen LogP contribution in [0.4, 0.5) is 5.69 Å². The van der Waals surface area contributed by atoms with E-state index in [0.717, 1.165) is 0 Å². The molecular formula is C11H17NO3S. The SMILES string of the molecule is COCCS(=O)CCOc1cccc(N)c1. The van der Waals surface area contributed by atoms with Crippen LogP contribution in [0.25, 0.3) is 0 Å². The summed E-state index contributed by atoms with van der Waals surface area (Å²) in [5.74, 6) is 1.78. The molecule has 1 rings (SSSR count). The van der Waals surface area contributed by atoms with Crippen LogP contribution in [-0.4, -0.2) is 36.0 Å². The van der Waals surface area contributed by atoms with Gasteiger partial charge < -0.3 is 15.2 Å². The second kappa shape index (κ2) is 7.24. The van der Waals surface area contributed by atoms with E-state index in [-0.39, 0.29) is 0 Å². The van der Waals surface area contributed by atoms with E-state index in [1.54, 1.807) is 19.2 Å². The summed E-state index contributed by atoms with van der Waals surface area (Å²) in [7, 11) is 0.718. The molecule has 0 saturated carbocycles. The van der Waals surface area contributed by atoms with Gasteiger partial charge in [-0.05, 0) is 12.1 Å². The van der Waals surface area contributed by atoms with Crippen LogP contribution >= 0.6 is 0 Å². The lowest BCUT2D eigenvalue weighted by atomic mass is 10.3. The van der Waals surface area contributed by atoms with E-state index in [4.69, 9.17) is 15.2 Å². The molecule has 90 valence electrons. The normalized spacial score (nSPS) is 12.3. The van der Waals surface area contributed by atoms with Crippen LogP contribution in [0.15, 0.2) is 24.3 Å². The van der Waals surface area contributed by atoms with Crippen molar-refractivity contribution in [3.05, 3.63) is 24.3 Å². The molecule has 0 spiro atoms. The molecule has 0 aliphatic heterocycles. The van der Waals surface area contributed by atoms with Gasteiger partial charge in [0.2, 0.25) is 0 Å². The van der Waals surface area contributed by atoms with Gasteiger partial charge in [0.15, 0.2) is 0 Å². The maximum absolute atomic E-state index is 11.4. The molecule has 0 aromatic heterocycles. The van der Waals surface area contributed by atoms with Crippen LogP contribution in [0.1, 0.15) is 0 Å². The molecule has 1 unspecified atom stereocenters. The smallest absolute Gasteiger partial charge is 0.121 e. The van der Waals surface area contributed by atoms with Crippen LogP contribution in [0.3, 0.4) is 0 Å². The van der Waals surface area contributed by atoms with Gasteiger partial charge >= 0.3 is 0 Å². The van der Waals surface area contributed by atoms with E-state index in [1.165, 1.54) is 0 Å². The summed E-state index contributed by atoms with van der Waals surface area (Å²) < 4.78 is 21.7. The van der Waals surface area contributed by atoms with Crippen molar-refractivity contribution in [1.82, 2.24) is 0 Å². The highest BCUT2D eigenvalue weighted by Gasteiger charge is 2.00. The van der Waals surface area contributed by atoms with E-state index in [0.29, 0.717) is 36.2 Å². The largest absolute Gasteiger partial charge is 0.493 e. The van der Waals surface area contributed by atoms with Crippen molar-refractivity contribution in [2.75, 3.05) is 37.6 Å². The molecule has 0 saturated heterocycles. The third-order valence-corrected chi connectivity index (χ3v) is 3.20. The number of rotatable bonds is 7. The Bertz CT molecular complexity index is 344. The fourth-order valence-corrected chi connectivity index (χ4v) is 1.96. The summed E-state index contributed by atoms with van der Waals surface area (Å²) in [4.78, 5) is 0. The summed E-state index contributed by atoms with van der Waals surface area (Å²) in [6, 6.07) is 7.20. The number of nitrogen functional groups attached to an aromatic ring is 1. The van der Waals surface area contributed by atoms with E-state index in [9.17, 15) is 4.21 Å². The number of benzene rings is 1. The first kappa shape index (κ1) is 13.0. The molecule has 0 amide bonds. The number of nitrogens with two attached hydrogens (primary N) is 1. The lowest BCUT2D eigenvalue weighted by molar-refractivity contribution is 0.218. The van der Waals surface area contributed by atoms with Crippen molar-refractivity contribution >= 4 is 16.5 Å². The molecule has 4 nitrogen and oxygen atoms in total. The minimum atomic E-state index is -0.880. The molecule has 1 aromatic rings. The molecule has 5 heteroatoms. The second-order valence-electron chi connectivity index (χ2n) is 3.26. The van der Waals surface area contributed by atoms with Crippen LogP contribution in [0.5, 0.6) is 5.75 Å². The van der Waals surface area contributed by atoms with Gasteiger partial charge in [-0.2, -0.15) is 0 Å². The average molecular weight is 243 g/mol.